The van der Waals surface area contributed by atoms with Crippen molar-refractivity contribution in [1.29, 1.82) is 0 Å². The van der Waals surface area contributed by atoms with Crippen molar-refractivity contribution in [3.63, 3.8) is 0 Å². The third-order valence-corrected chi connectivity index (χ3v) is 4.48. The zero-order valence-corrected chi connectivity index (χ0v) is 13.4. The van der Waals surface area contributed by atoms with E-state index in [2.05, 4.69) is 42.0 Å². The maximum absolute atomic E-state index is 10.4. The second-order valence-corrected chi connectivity index (χ2v) is 7.65. The van der Waals surface area contributed by atoms with Crippen LogP contribution in [0, 0.1) is 0 Å². The van der Waals surface area contributed by atoms with Gasteiger partial charge < -0.3 is 10.4 Å². The van der Waals surface area contributed by atoms with Gasteiger partial charge in [-0.05, 0) is 68.0 Å². The van der Waals surface area contributed by atoms with E-state index in [0.29, 0.717) is 6.42 Å². The minimum absolute atomic E-state index is 0.111. The van der Waals surface area contributed by atoms with E-state index in [1.807, 2.05) is 18.4 Å². The van der Waals surface area contributed by atoms with Gasteiger partial charge >= 0.3 is 0 Å². The number of hydrogen-bond acceptors (Lipinski definition) is 3. The Kier molecular flexibility index (Phi) is 5.20. The second kappa shape index (κ2) is 5.83. The smallest absolute Gasteiger partial charge is 0.0680 e. The summed E-state index contributed by atoms with van der Waals surface area (Å²) in [7, 11) is 0. The molecule has 0 amide bonds. The highest BCUT2D eigenvalue weighted by atomic mass is 79.9. The number of aliphatic hydroxyl groups is 1. The first-order chi connectivity index (χ1) is 7.70. The predicted molar refractivity (Wildman–Crippen MR) is 78.7 cm³/mol. The Hall–Kier alpha value is 0.100. The van der Waals surface area contributed by atoms with Gasteiger partial charge in [0, 0.05) is 21.3 Å². The summed E-state index contributed by atoms with van der Waals surface area (Å²) in [6.45, 7) is 9.15. The molecule has 1 heterocycles. The van der Waals surface area contributed by atoms with Gasteiger partial charge in [0.05, 0.1) is 5.60 Å². The molecule has 17 heavy (non-hydrogen) atoms. The summed E-state index contributed by atoms with van der Waals surface area (Å²) in [4.78, 5) is 1.21. The Morgan fingerprint density at radius 1 is 1.35 bits per heavy atom. The summed E-state index contributed by atoms with van der Waals surface area (Å²) in [6, 6.07) is 2.03. The lowest BCUT2D eigenvalue weighted by Gasteiger charge is -2.26. The molecule has 1 atom stereocenters. The fourth-order valence-corrected chi connectivity index (χ4v) is 3.26. The molecule has 0 bridgehead atoms. The molecule has 2 nitrogen and oxygen atoms in total. The minimum atomic E-state index is -0.647. The molecule has 1 aromatic heterocycles. The van der Waals surface area contributed by atoms with E-state index >= 15 is 0 Å². The van der Waals surface area contributed by atoms with Crippen molar-refractivity contribution in [3.8, 4) is 0 Å². The average Bonchev–Trinajstić information content (AvgIpc) is 2.48. The van der Waals surface area contributed by atoms with Crippen LogP contribution in [0.15, 0.2) is 15.9 Å². The molecule has 0 spiro atoms. The molecule has 1 rings (SSSR count). The zero-order valence-electron chi connectivity index (χ0n) is 11.0. The molecule has 1 unspecified atom stereocenters. The van der Waals surface area contributed by atoms with E-state index in [-0.39, 0.29) is 5.54 Å². The molecule has 0 aliphatic heterocycles. The van der Waals surface area contributed by atoms with Crippen molar-refractivity contribution in [2.24, 2.45) is 0 Å². The van der Waals surface area contributed by atoms with Crippen molar-refractivity contribution in [2.75, 3.05) is 6.54 Å². The first-order valence-corrected chi connectivity index (χ1v) is 7.56. The lowest BCUT2D eigenvalue weighted by atomic mass is 9.96. The van der Waals surface area contributed by atoms with Gasteiger partial charge in [0.1, 0.15) is 0 Å². The molecule has 98 valence electrons. The number of rotatable bonds is 5. The van der Waals surface area contributed by atoms with Crippen molar-refractivity contribution in [1.82, 2.24) is 5.32 Å². The largest absolute Gasteiger partial charge is 0.390 e. The van der Waals surface area contributed by atoms with E-state index < -0.39 is 5.60 Å². The van der Waals surface area contributed by atoms with Crippen molar-refractivity contribution in [3.05, 3.63) is 20.8 Å². The van der Waals surface area contributed by atoms with E-state index in [1.54, 1.807) is 11.3 Å². The van der Waals surface area contributed by atoms with Gasteiger partial charge in [-0.3, -0.25) is 0 Å². The molecule has 0 fully saturated rings. The molecule has 0 saturated heterocycles. The Balaban J connectivity index is 2.44. The quantitative estimate of drug-likeness (QED) is 0.869. The molecule has 0 saturated carbocycles. The fourth-order valence-electron chi connectivity index (χ4n) is 1.59. The van der Waals surface area contributed by atoms with Crippen LogP contribution in [0.3, 0.4) is 0 Å². The molecular formula is C13H22BrNOS. The maximum atomic E-state index is 10.4. The Bertz CT molecular complexity index is 355. The number of nitrogens with one attached hydrogen (secondary N) is 1. The van der Waals surface area contributed by atoms with Crippen LogP contribution in [0.5, 0.6) is 0 Å². The van der Waals surface area contributed by atoms with Crippen molar-refractivity contribution in [2.45, 2.75) is 51.7 Å². The number of thiophene rings is 1. The van der Waals surface area contributed by atoms with Gasteiger partial charge in [0.25, 0.3) is 0 Å². The third-order valence-electron chi connectivity index (χ3n) is 2.55. The lowest BCUT2D eigenvalue weighted by molar-refractivity contribution is 0.0506. The van der Waals surface area contributed by atoms with Crippen LogP contribution in [0.4, 0.5) is 0 Å². The lowest BCUT2D eigenvalue weighted by Crippen LogP contribution is -2.40. The first-order valence-electron chi connectivity index (χ1n) is 5.89. The average molecular weight is 320 g/mol. The summed E-state index contributed by atoms with van der Waals surface area (Å²) in [5.74, 6) is 0. The summed E-state index contributed by atoms with van der Waals surface area (Å²) in [6.07, 6.45) is 1.46. The van der Waals surface area contributed by atoms with Gasteiger partial charge in [0.15, 0.2) is 0 Å². The highest BCUT2D eigenvalue weighted by Crippen LogP contribution is 2.28. The van der Waals surface area contributed by atoms with E-state index in [9.17, 15) is 5.11 Å². The Morgan fingerprint density at radius 3 is 2.47 bits per heavy atom. The van der Waals surface area contributed by atoms with Crippen LogP contribution in [-0.4, -0.2) is 22.8 Å². The molecule has 0 aromatic carbocycles. The Labute approximate surface area is 117 Å². The van der Waals surface area contributed by atoms with E-state index in [1.165, 1.54) is 4.88 Å². The molecule has 2 N–H and O–H groups in total. The van der Waals surface area contributed by atoms with Gasteiger partial charge in [-0.2, -0.15) is 0 Å². The predicted octanol–water partition coefficient (Wildman–Crippen LogP) is 3.58. The number of hydrogen-bond donors (Lipinski definition) is 2. The summed E-state index contributed by atoms with van der Waals surface area (Å²) in [5, 5.41) is 15.8. The first kappa shape index (κ1) is 15.2. The normalized spacial score (nSPS) is 15.9. The zero-order chi connectivity index (χ0) is 13.1. The van der Waals surface area contributed by atoms with E-state index in [4.69, 9.17) is 0 Å². The number of halogens is 1. The van der Waals surface area contributed by atoms with Gasteiger partial charge in [-0.25, -0.2) is 0 Å². The minimum Gasteiger partial charge on any atom is -0.390 e. The fraction of sp³-hybridized carbons (Fsp3) is 0.692. The van der Waals surface area contributed by atoms with Crippen LogP contribution in [0.25, 0.3) is 0 Å². The molecule has 1 aromatic rings. The van der Waals surface area contributed by atoms with E-state index in [0.717, 1.165) is 17.4 Å². The molecule has 4 heteroatoms. The van der Waals surface area contributed by atoms with Gasteiger partial charge in [-0.15, -0.1) is 11.3 Å². The SMILES string of the molecule is CC(O)(CCNC(C)(C)C)Cc1sccc1Br. The van der Waals surface area contributed by atoms with Gasteiger partial charge in [-0.1, -0.05) is 0 Å². The van der Waals surface area contributed by atoms with Gasteiger partial charge in [0.2, 0.25) is 0 Å². The summed E-state index contributed by atoms with van der Waals surface area (Å²) < 4.78 is 1.10. The Morgan fingerprint density at radius 2 is 2.00 bits per heavy atom. The molecular weight excluding hydrogens is 298 g/mol. The summed E-state index contributed by atoms with van der Waals surface area (Å²) >= 11 is 5.19. The standard InChI is InChI=1S/C13H22BrNOS/c1-12(2,3)15-7-6-13(4,16)9-11-10(14)5-8-17-11/h5,8,15-16H,6-7,9H2,1-4H3. The van der Waals surface area contributed by atoms with Crippen LogP contribution >= 0.6 is 27.3 Å². The highest BCUT2D eigenvalue weighted by Gasteiger charge is 2.23. The monoisotopic (exact) mass is 319 g/mol. The highest BCUT2D eigenvalue weighted by molar-refractivity contribution is 9.10. The maximum Gasteiger partial charge on any atom is 0.0680 e. The van der Waals surface area contributed by atoms with Crippen LogP contribution in [-0.2, 0) is 6.42 Å². The molecule has 0 aliphatic rings. The topological polar surface area (TPSA) is 32.3 Å². The van der Waals surface area contributed by atoms with Crippen LogP contribution in [0.2, 0.25) is 0 Å². The van der Waals surface area contributed by atoms with Crippen molar-refractivity contribution < 1.29 is 5.11 Å². The van der Waals surface area contributed by atoms with Crippen molar-refractivity contribution >= 4 is 27.3 Å². The molecule has 0 radical (unpaired) electrons. The second-order valence-electron chi connectivity index (χ2n) is 5.79. The van der Waals surface area contributed by atoms with Crippen LogP contribution in [0.1, 0.15) is 39.0 Å². The van der Waals surface area contributed by atoms with Crippen LogP contribution < -0.4 is 5.32 Å². The summed E-state index contributed by atoms with van der Waals surface area (Å²) in [5.41, 5.74) is -0.536. The third kappa shape index (κ3) is 6.00. The molecule has 0 aliphatic carbocycles.